The Balaban J connectivity index is 2.60. The number of nitrogens with one attached hydrogen (secondary N) is 1. The highest BCUT2D eigenvalue weighted by Gasteiger charge is 2.13. The van der Waals surface area contributed by atoms with Crippen molar-refractivity contribution in [1.82, 2.24) is 5.32 Å². The van der Waals surface area contributed by atoms with Gasteiger partial charge in [-0.3, -0.25) is 4.79 Å². The molecular formula is C16H25NO3. The van der Waals surface area contributed by atoms with Gasteiger partial charge in [0.15, 0.2) is 0 Å². The summed E-state index contributed by atoms with van der Waals surface area (Å²) in [5.41, 5.74) is 2.43. The van der Waals surface area contributed by atoms with Gasteiger partial charge in [-0.1, -0.05) is 38.1 Å². The van der Waals surface area contributed by atoms with Crippen LogP contribution in [0.1, 0.15) is 31.4 Å². The quantitative estimate of drug-likeness (QED) is 0.645. The highest BCUT2D eigenvalue weighted by molar-refractivity contribution is 5.67. The van der Waals surface area contributed by atoms with Gasteiger partial charge in [0, 0.05) is 12.6 Å². The molecular weight excluding hydrogens is 254 g/mol. The Hall–Kier alpha value is -1.39. The normalized spacial score (nSPS) is 12.6. The van der Waals surface area contributed by atoms with Crippen LogP contribution in [0, 0.1) is 5.92 Å². The van der Waals surface area contributed by atoms with Gasteiger partial charge in [0.05, 0.1) is 13.0 Å². The Bertz CT molecular complexity index is 401. The first-order valence-corrected chi connectivity index (χ1v) is 7.15. The lowest BCUT2D eigenvalue weighted by atomic mass is 9.98. The first-order chi connectivity index (χ1) is 9.51. The molecule has 0 aromatic heterocycles. The SMILES string of the molecule is CC(C)Cc1ccc(CC(CC(=O)O)NCCO)cc1. The van der Waals surface area contributed by atoms with Crippen LogP contribution >= 0.6 is 0 Å². The summed E-state index contributed by atoms with van der Waals surface area (Å²) in [6.45, 7) is 4.82. The average Bonchev–Trinajstić information content (AvgIpc) is 2.37. The molecule has 4 nitrogen and oxygen atoms in total. The summed E-state index contributed by atoms with van der Waals surface area (Å²) < 4.78 is 0. The van der Waals surface area contributed by atoms with Crippen molar-refractivity contribution in [1.29, 1.82) is 0 Å². The highest BCUT2D eigenvalue weighted by atomic mass is 16.4. The Kier molecular flexibility index (Phi) is 7.26. The number of aliphatic hydroxyl groups is 1. The zero-order chi connectivity index (χ0) is 15.0. The lowest BCUT2D eigenvalue weighted by Gasteiger charge is -2.16. The van der Waals surface area contributed by atoms with Gasteiger partial charge in [0.2, 0.25) is 0 Å². The Morgan fingerprint density at radius 1 is 1.15 bits per heavy atom. The molecule has 0 heterocycles. The first-order valence-electron chi connectivity index (χ1n) is 7.15. The van der Waals surface area contributed by atoms with E-state index in [-0.39, 0.29) is 19.1 Å². The van der Waals surface area contributed by atoms with Crippen LogP contribution in [0.2, 0.25) is 0 Å². The third-order valence-corrected chi connectivity index (χ3v) is 3.11. The van der Waals surface area contributed by atoms with E-state index in [1.54, 1.807) is 0 Å². The van der Waals surface area contributed by atoms with Crippen molar-refractivity contribution in [2.45, 2.75) is 39.2 Å². The second-order valence-corrected chi connectivity index (χ2v) is 5.59. The standard InChI is InChI=1S/C16H25NO3/c1-12(2)9-13-3-5-14(6-4-13)10-15(11-16(19)20)17-7-8-18/h3-6,12,15,17-18H,7-11H2,1-2H3,(H,19,20). The van der Waals surface area contributed by atoms with Gasteiger partial charge in [-0.15, -0.1) is 0 Å². The van der Waals surface area contributed by atoms with Gasteiger partial charge in [0.25, 0.3) is 0 Å². The monoisotopic (exact) mass is 279 g/mol. The smallest absolute Gasteiger partial charge is 0.304 e. The lowest BCUT2D eigenvalue weighted by molar-refractivity contribution is -0.137. The van der Waals surface area contributed by atoms with Crippen LogP contribution in [0.4, 0.5) is 0 Å². The van der Waals surface area contributed by atoms with Gasteiger partial charge in [-0.25, -0.2) is 0 Å². The minimum absolute atomic E-state index is 0.0173. The Labute approximate surface area is 120 Å². The van der Waals surface area contributed by atoms with Gasteiger partial charge >= 0.3 is 5.97 Å². The summed E-state index contributed by atoms with van der Waals surface area (Å²) in [6, 6.07) is 8.20. The van der Waals surface area contributed by atoms with E-state index in [9.17, 15) is 4.79 Å². The van der Waals surface area contributed by atoms with E-state index in [0.717, 1.165) is 12.0 Å². The zero-order valence-electron chi connectivity index (χ0n) is 12.3. The van der Waals surface area contributed by atoms with Crippen molar-refractivity contribution in [3.05, 3.63) is 35.4 Å². The van der Waals surface area contributed by atoms with Crippen LogP contribution in [0.5, 0.6) is 0 Å². The number of benzene rings is 1. The molecule has 0 bridgehead atoms. The largest absolute Gasteiger partial charge is 0.481 e. The molecule has 0 aliphatic heterocycles. The summed E-state index contributed by atoms with van der Waals surface area (Å²) in [5.74, 6) is -0.191. The Morgan fingerprint density at radius 2 is 1.70 bits per heavy atom. The number of hydrogen-bond donors (Lipinski definition) is 3. The lowest BCUT2D eigenvalue weighted by Crippen LogP contribution is -2.35. The topological polar surface area (TPSA) is 69.6 Å². The van der Waals surface area contributed by atoms with E-state index in [4.69, 9.17) is 10.2 Å². The van der Waals surface area contributed by atoms with Crippen molar-refractivity contribution < 1.29 is 15.0 Å². The van der Waals surface area contributed by atoms with Gasteiger partial charge in [0.1, 0.15) is 0 Å². The van der Waals surface area contributed by atoms with E-state index in [1.165, 1.54) is 5.56 Å². The van der Waals surface area contributed by atoms with Crippen LogP contribution in [0.3, 0.4) is 0 Å². The van der Waals surface area contributed by atoms with Gasteiger partial charge in [-0.05, 0) is 29.9 Å². The van der Waals surface area contributed by atoms with Crippen molar-refractivity contribution in [2.24, 2.45) is 5.92 Å². The third kappa shape index (κ3) is 6.68. The van der Waals surface area contributed by atoms with Crippen LogP contribution in [-0.2, 0) is 17.6 Å². The molecule has 1 atom stereocenters. The maximum absolute atomic E-state index is 10.8. The van der Waals surface area contributed by atoms with Crippen LogP contribution < -0.4 is 5.32 Å². The maximum Gasteiger partial charge on any atom is 0.304 e. The molecule has 3 N–H and O–H groups in total. The van der Waals surface area contributed by atoms with Gasteiger partial charge < -0.3 is 15.5 Å². The molecule has 0 saturated carbocycles. The van der Waals surface area contributed by atoms with Crippen LogP contribution in [0.25, 0.3) is 0 Å². The minimum atomic E-state index is -0.822. The number of aliphatic carboxylic acids is 1. The number of rotatable bonds is 9. The second-order valence-electron chi connectivity index (χ2n) is 5.59. The number of hydrogen-bond acceptors (Lipinski definition) is 3. The summed E-state index contributed by atoms with van der Waals surface area (Å²) in [4.78, 5) is 10.8. The highest BCUT2D eigenvalue weighted by Crippen LogP contribution is 2.12. The molecule has 1 aromatic rings. The Morgan fingerprint density at radius 3 is 2.15 bits per heavy atom. The molecule has 112 valence electrons. The number of carboxylic acid groups (broad SMARTS) is 1. The molecule has 0 aliphatic rings. The molecule has 0 aliphatic carbocycles. The molecule has 1 aromatic carbocycles. The predicted octanol–water partition coefficient (Wildman–Crippen LogP) is 1.85. The van der Waals surface area contributed by atoms with Crippen LogP contribution in [-0.4, -0.2) is 35.4 Å². The number of carbonyl (C=O) groups is 1. The number of aliphatic hydroxyl groups excluding tert-OH is 1. The molecule has 4 heteroatoms. The van der Waals surface area contributed by atoms with E-state index in [1.807, 2.05) is 0 Å². The molecule has 0 amide bonds. The fourth-order valence-electron chi connectivity index (χ4n) is 2.26. The second kappa shape index (κ2) is 8.72. The van der Waals surface area contributed by atoms with Crippen molar-refractivity contribution >= 4 is 5.97 Å². The fraction of sp³-hybridized carbons (Fsp3) is 0.562. The average molecular weight is 279 g/mol. The van der Waals surface area contributed by atoms with Crippen molar-refractivity contribution in [3.8, 4) is 0 Å². The van der Waals surface area contributed by atoms with Crippen molar-refractivity contribution in [2.75, 3.05) is 13.2 Å². The molecule has 0 radical (unpaired) electrons. The molecule has 20 heavy (non-hydrogen) atoms. The molecule has 0 fully saturated rings. The first kappa shape index (κ1) is 16.7. The predicted molar refractivity (Wildman–Crippen MR) is 79.8 cm³/mol. The maximum atomic E-state index is 10.8. The summed E-state index contributed by atoms with van der Waals surface area (Å²) in [7, 11) is 0. The zero-order valence-corrected chi connectivity index (χ0v) is 12.3. The third-order valence-electron chi connectivity index (χ3n) is 3.11. The van der Waals surface area contributed by atoms with E-state index in [2.05, 4.69) is 43.4 Å². The minimum Gasteiger partial charge on any atom is -0.481 e. The van der Waals surface area contributed by atoms with E-state index >= 15 is 0 Å². The summed E-state index contributed by atoms with van der Waals surface area (Å²) in [6.07, 6.45) is 1.78. The van der Waals surface area contributed by atoms with Gasteiger partial charge in [-0.2, -0.15) is 0 Å². The van der Waals surface area contributed by atoms with Crippen LogP contribution in [0.15, 0.2) is 24.3 Å². The van der Waals surface area contributed by atoms with E-state index in [0.29, 0.717) is 18.9 Å². The molecule has 1 rings (SSSR count). The molecule has 1 unspecified atom stereocenters. The summed E-state index contributed by atoms with van der Waals surface area (Å²) in [5, 5.41) is 20.8. The van der Waals surface area contributed by atoms with Crippen molar-refractivity contribution in [3.63, 3.8) is 0 Å². The number of carboxylic acids is 1. The molecule has 0 spiro atoms. The van der Waals surface area contributed by atoms with E-state index < -0.39 is 5.97 Å². The molecule has 0 saturated heterocycles. The summed E-state index contributed by atoms with van der Waals surface area (Å²) >= 11 is 0. The fourth-order valence-corrected chi connectivity index (χ4v) is 2.26.